The van der Waals surface area contributed by atoms with E-state index in [0.717, 1.165) is 5.56 Å². The van der Waals surface area contributed by atoms with E-state index < -0.39 is 5.41 Å². The molecule has 0 aliphatic carbocycles. The molecule has 1 amide bonds. The van der Waals surface area contributed by atoms with Crippen molar-refractivity contribution in [3.8, 4) is 0 Å². The van der Waals surface area contributed by atoms with Gasteiger partial charge in [0.05, 0.1) is 0 Å². The third kappa shape index (κ3) is 3.96. The molecule has 1 heterocycles. The summed E-state index contributed by atoms with van der Waals surface area (Å²) in [6.45, 7) is 5.54. The van der Waals surface area contributed by atoms with Crippen LogP contribution in [-0.2, 0) is 4.79 Å². The van der Waals surface area contributed by atoms with Gasteiger partial charge < -0.3 is 5.32 Å². The Hall–Kier alpha value is -2.08. The Morgan fingerprint density at radius 1 is 1.25 bits per heavy atom. The normalized spacial score (nSPS) is 11.8. The molecule has 0 spiro atoms. The Balaban J connectivity index is 2.03. The summed E-state index contributed by atoms with van der Waals surface area (Å²) < 4.78 is 0. The van der Waals surface area contributed by atoms with E-state index in [1.165, 1.54) is 11.3 Å². The summed E-state index contributed by atoms with van der Waals surface area (Å²) in [5.74, 6) is -0.0905. The maximum atomic E-state index is 11.8. The molecule has 104 valence electrons. The number of aliphatic imine (C=N–C) groups is 1. The van der Waals surface area contributed by atoms with E-state index in [4.69, 9.17) is 0 Å². The van der Waals surface area contributed by atoms with Crippen LogP contribution in [0.2, 0.25) is 0 Å². The lowest BCUT2D eigenvalue weighted by molar-refractivity contribution is -0.123. The SMILES string of the molecule is CC(C)(C)C(=O)Nc1nnc(N=Cc2ccccc2)s1. The molecule has 0 fully saturated rings. The van der Waals surface area contributed by atoms with Gasteiger partial charge in [-0.1, -0.05) is 62.4 Å². The number of carbonyl (C=O) groups excluding carboxylic acids is 1. The van der Waals surface area contributed by atoms with Crippen LogP contribution in [-0.4, -0.2) is 22.3 Å². The van der Waals surface area contributed by atoms with Crippen LogP contribution in [0.15, 0.2) is 35.3 Å². The minimum atomic E-state index is -0.459. The maximum Gasteiger partial charge on any atom is 0.233 e. The largest absolute Gasteiger partial charge is 0.300 e. The quantitative estimate of drug-likeness (QED) is 0.881. The first-order chi connectivity index (χ1) is 9.45. The van der Waals surface area contributed by atoms with E-state index in [1.807, 2.05) is 51.1 Å². The highest BCUT2D eigenvalue weighted by atomic mass is 32.1. The number of nitrogens with one attached hydrogen (secondary N) is 1. The Morgan fingerprint density at radius 3 is 2.60 bits per heavy atom. The lowest BCUT2D eigenvalue weighted by atomic mass is 9.96. The van der Waals surface area contributed by atoms with Crippen molar-refractivity contribution in [3.05, 3.63) is 35.9 Å². The molecule has 1 aromatic carbocycles. The Labute approximate surface area is 121 Å². The zero-order valence-electron chi connectivity index (χ0n) is 11.6. The molecule has 5 nitrogen and oxygen atoms in total. The van der Waals surface area contributed by atoms with E-state index in [-0.39, 0.29) is 5.91 Å². The van der Waals surface area contributed by atoms with Crippen molar-refractivity contribution in [1.29, 1.82) is 0 Å². The number of aromatic nitrogens is 2. The summed E-state index contributed by atoms with van der Waals surface area (Å²) in [7, 11) is 0. The predicted molar refractivity (Wildman–Crippen MR) is 81.7 cm³/mol. The van der Waals surface area contributed by atoms with Crippen molar-refractivity contribution in [2.45, 2.75) is 20.8 Å². The standard InChI is InChI=1S/C14H16N4OS/c1-14(2,3)11(19)16-13-18-17-12(20-13)15-9-10-7-5-4-6-8-10/h4-9H,1-3H3,(H,16,18,19). The Kier molecular flexibility index (Phi) is 4.24. The summed E-state index contributed by atoms with van der Waals surface area (Å²) in [6.07, 6.45) is 1.72. The van der Waals surface area contributed by atoms with Crippen LogP contribution >= 0.6 is 11.3 Å². The Bertz CT molecular complexity index is 614. The maximum absolute atomic E-state index is 11.8. The fraction of sp³-hybridized carbons (Fsp3) is 0.286. The van der Waals surface area contributed by atoms with Crippen LogP contribution in [0, 0.1) is 5.41 Å². The summed E-state index contributed by atoms with van der Waals surface area (Å²) in [6, 6.07) is 9.73. The zero-order valence-corrected chi connectivity index (χ0v) is 12.4. The second-order valence-corrected chi connectivity index (χ2v) is 6.22. The molecular weight excluding hydrogens is 272 g/mol. The molecule has 0 aliphatic rings. The van der Waals surface area contributed by atoms with Gasteiger partial charge in [-0.05, 0) is 5.56 Å². The van der Waals surface area contributed by atoms with Crippen LogP contribution < -0.4 is 5.32 Å². The lowest BCUT2D eigenvalue weighted by Crippen LogP contribution is -2.27. The lowest BCUT2D eigenvalue weighted by Gasteiger charge is -2.15. The number of hydrogen-bond donors (Lipinski definition) is 1. The third-order valence-electron chi connectivity index (χ3n) is 2.44. The van der Waals surface area contributed by atoms with Crippen LogP contribution in [0.1, 0.15) is 26.3 Å². The third-order valence-corrected chi connectivity index (χ3v) is 3.19. The van der Waals surface area contributed by atoms with Crippen LogP contribution in [0.4, 0.5) is 10.3 Å². The number of carbonyl (C=O) groups is 1. The van der Waals surface area contributed by atoms with Gasteiger partial charge in [0, 0.05) is 11.6 Å². The molecule has 0 unspecified atom stereocenters. The molecule has 0 radical (unpaired) electrons. The van der Waals surface area contributed by atoms with Crippen molar-refractivity contribution in [2.75, 3.05) is 5.32 Å². The van der Waals surface area contributed by atoms with Crippen molar-refractivity contribution in [3.63, 3.8) is 0 Å². The summed E-state index contributed by atoms with van der Waals surface area (Å²) in [5.41, 5.74) is 0.530. The Morgan fingerprint density at radius 2 is 1.95 bits per heavy atom. The van der Waals surface area contributed by atoms with Crippen molar-refractivity contribution in [2.24, 2.45) is 10.4 Å². The van der Waals surface area contributed by atoms with Crippen molar-refractivity contribution < 1.29 is 4.79 Å². The van der Waals surface area contributed by atoms with Gasteiger partial charge >= 0.3 is 0 Å². The molecule has 6 heteroatoms. The molecule has 0 saturated heterocycles. The summed E-state index contributed by atoms with van der Waals surface area (Å²) in [5, 5.41) is 11.5. The first-order valence-corrected chi connectivity index (χ1v) is 7.01. The minimum absolute atomic E-state index is 0.0905. The summed E-state index contributed by atoms with van der Waals surface area (Å²) in [4.78, 5) is 16.0. The van der Waals surface area contributed by atoms with E-state index >= 15 is 0 Å². The van der Waals surface area contributed by atoms with E-state index in [1.54, 1.807) is 6.21 Å². The number of anilines is 1. The van der Waals surface area contributed by atoms with Crippen molar-refractivity contribution in [1.82, 2.24) is 10.2 Å². The molecule has 0 atom stereocenters. The van der Waals surface area contributed by atoms with Crippen LogP contribution in [0.25, 0.3) is 0 Å². The second-order valence-electron chi connectivity index (χ2n) is 5.26. The number of hydrogen-bond acceptors (Lipinski definition) is 5. The van der Waals surface area contributed by atoms with Crippen LogP contribution in [0.5, 0.6) is 0 Å². The van der Waals surface area contributed by atoms with Gasteiger partial charge in [-0.15, -0.1) is 10.2 Å². The second kappa shape index (κ2) is 5.92. The first kappa shape index (κ1) is 14.3. The van der Waals surface area contributed by atoms with Gasteiger partial charge in [-0.2, -0.15) is 0 Å². The van der Waals surface area contributed by atoms with Gasteiger partial charge in [-0.3, -0.25) is 4.79 Å². The highest BCUT2D eigenvalue weighted by Gasteiger charge is 2.22. The number of amides is 1. The zero-order chi connectivity index (χ0) is 14.6. The predicted octanol–water partition coefficient (Wildman–Crippen LogP) is 3.27. The number of rotatable bonds is 3. The summed E-state index contributed by atoms with van der Waals surface area (Å²) >= 11 is 1.24. The molecule has 0 bridgehead atoms. The molecule has 1 N–H and O–H groups in total. The number of nitrogens with zero attached hydrogens (tertiary/aromatic N) is 3. The minimum Gasteiger partial charge on any atom is -0.300 e. The van der Waals surface area contributed by atoms with E-state index in [0.29, 0.717) is 10.3 Å². The van der Waals surface area contributed by atoms with Gasteiger partial charge in [0.1, 0.15) is 0 Å². The first-order valence-electron chi connectivity index (χ1n) is 6.19. The highest BCUT2D eigenvalue weighted by Crippen LogP contribution is 2.24. The van der Waals surface area contributed by atoms with Gasteiger partial charge in [-0.25, -0.2) is 4.99 Å². The fourth-order valence-electron chi connectivity index (χ4n) is 1.27. The highest BCUT2D eigenvalue weighted by molar-refractivity contribution is 7.18. The molecule has 1 aromatic heterocycles. The van der Waals surface area contributed by atoms with Crippen LogP contribution in [0.3, 0.4) is 0 Å². The molecule has 2 aromatic rings. The average Bonchev–Trinajstić information content (AvgIpc) is 2.84. The smallest absolute Gasteiger partial charge is 0.233 e. The van der Waals surface area contributed by atoms with Gasteiger partial charge in [0.25, 0.3) is 0 Å². The molecule has 20 heavy (non-hydrogen) atoms. The van der Waals surface area contributed by atoms with E-state index in [9.17, 15) is 4.79 Å². The van der Waals surface area contributed by atoms with Gasteiger partial charge in [0.15, 0.2) is 0 Å². The molecule has 0 aliphatic heterocycles. The number of benzene rings is 1. The molecule has 0 saturated carbocycles. The van der Waals surface area contributed by atoms with Crippen molar-refractivity contribution >= 4 is 33.7 Å². The topological polar surface area (TPSA) is 67.2 Å². The molecule has 2 rings (SSSR count). The van der Waals surface area contributed by atoms with E-state index in [2.05, 4.69) is 20.5 Å². The van der Waals surface area contributed by atoms with Gasteiger partial charge in [0.2, 0.25) is 16.2 Å². The fourth-order valence-corrected chi connectivity index (χ4v) is 1.86. The average molecular weight is 288 g/mol. The monoisotopic (exact) mass is 288 g/mol. The molecular formula is C14H16N4OS.